The van der Waals surface area contributed by atoms with Gasteiger partial charge in [0.15, 0.2) is 0 Å². The molecule has 18 heavy (non-hydrogen) atoms. The zero-order valence-corrected chi connectivity index (χ0v) is 10.8. The van der Waals surface area contributed by atoms with Gasteiger partial charge in [-0.05, 0) is 50.4 Å². The number of hydrogen-bond acceptors (Lipinski definition) is 3. The molecule has 3 heterocycles. The van der Waals surface area contributed by atoms with E-state index in [1.165, 1.54) is 19.0 Å². The number of rotatable bonds is 2. The molecular weight excluding hydrogens is 229 g/mol. The van der Waals surface area contributed by atoms with Crippen LogP contribution in [-0.4, -0.2) is 35.6 Å². The number of nitrogens with one attached hydrogen (secondary N) is 1. The Balaban J connectivity index is 1.80. The smallest absolute Gasteiger partial charge is 0.141 e. The average molecular weight is 249 g/mol. The van der Waals surface area contributed by atoms with Gasteiger partial charge in [0.25, 0.3) is 0 Å². The van der Waals surface area contributed by atoms with Crippen molar-refractivity contribution in [3.63, 3.8) is 0 Å². The minimum absolute atomic E-state index is 0.238. The van der Waals surface area contributed by atoms with Crippen LogP contribution in [0.5, 0.6) is 0 Å². The molecule has 98 valence electrons. The number of fused-ring (bicyclic) bond motifs is 1. The molecular formula is C14H20FN3. The van der Waals surface area contributed by atoms with Crippen LogP contribution < -0.4 is 5.32 Å². The summed E-state index contributed by atoms with van der Waals surface area (Å²) in [6, 6.07) is 2.47. The third kappa shape index (κ3) is 2.15. The molecule has 4 heteroatoms. The first-order chi connectivity index (χ1) is 8.75. The van der Waals surface area contributed by atoms with Gasteiger partial charge in [0.2, 0.25) is 0 Å². The van der Waals surface area contributed by atoms with Crippen molar-refractivity contribution in [3.8, 4) is 0 Å². The van der Waals surface area contributed by atoms with Crippen LogP contribution in [0.2, 0.25) is 0 Å². The van der Waals surface area contributed by atoms with Gasteiger partial charge in [-0.25, -0.2) is 4.39 Å². The lowest BCUT2D eigenvalue weighted by Crippen LogP contribution is -2.46. The fourth-order valence-electron chi connectivity index (χ4n) is 3.43. The molecule has 2 aliphatic rings. The van der Waals surface area contributed by atoms with Crippen molar-refractivity contribution in [1.82, 2.24) is 15.2 Å². The number of nitrogens with zero attached hydrogens (tertiary/aromatic N) is 2. The highest BCUT2D eigenvalue weighted by molar-refractivity contribution is 5.15. The molecule has 1 N–H and O–H groups in total. The van der Waals surface area contributed by atoms with Crippen LogP contribution in [0.3, 0.4) is 0 Å². The third-order valence-electron chi connectivity index (χ3n) is 4.43. The summed E-state index contributed by atoms with van der Waals surface area (Å²) in [4.78, 5) is 6.49. The monoisotopic (exact) mass is 249 g/mol. The molecule has 3 unspecified atom stereocenters. The van der Waals surface area contributed by atoms with Crippen LogP contribution in [-0.2, 0) is 0 Å². The van der Waals surface area contributed by atoms with E-state index in [0.717, 1.165) is 31.1 Å². The highest BCUT2D eigenvalue weighted by atomic mass is 19.1. The summed E-state index contributed by atoms with van der Waals surface area (Å²) in [6.45, 7) is 5.48. The second-order valence-electron chi connectivity index (χ2n) is 5.48. The standard InChI is InChI=1S/C14H20FN3/c1-10(12-5-13(15)8-16-7-12)18-4-2-3-11-6-17-9-14(11)18/h5,7-8,10-11,14,17H,2-4,6,9H2,1H3. The summed E-state index contributed by atoms with van der Waals surface area (Å²) >= 11 is 0. The molecule has 2 aliphatic heterocycles. The molecule has 2 saturated heterocycles. The second kappa shape index (κ2) is 4.94. The fraction of sp³-hybridized carbons (Fsp3) is 0.643. The lowest BCUT2D eigenvalue weighted by Gasteiger charge is -2.41. The Labute approximate surface area is 107 Å². The summed E-state index contributed by atoms with van der Waals surface area (Å²) in [7, 11) is 0. The maximum Gasteiger partial charge on any atom is 0.141 e. The van der Waals surface area contributed by atoms with E-state index in [0.29, 0.717) is 6.04 Å². The maximum atomic E-state index is 13.3. The molecule has 0 bridgehead atoms. The van der Waals surface area contributed by atoms with E-state index in [1.807, 2.05) is 0 Å². The Morgan fingerprint density at radius 2 is 2.33 bits per heavy atom. The first kappa shape index (κ1) is 12.1. The zero-order chi connectivity index (χ0) is 12.5. The Bertz CT molecular complexity index is 423. The lowest BCUT2D eigenvalue weighted by molar-refractivity contribution is 0.0844. The van der Waals surface area contributed by atoms with Crippen LogP contribution in [0.1, 0.15) is 31.4 Å². The van der Waals surface area contributed by atoms with Gasteiger partial charge in [0.05, 0.1) is 6.20 Å². The predicted octanol–water partition coefficient (Wildman–Crippen LogP) is 1.97. The molecule has 1 aromatic heterocycles. The van der Waals surface area contributed by atoms with Crippen LogP contribution in [0, 0.1) is 11.7 Å². The van der Waals surface area contributed by atoms with Crippen LogP contribution in [0.4, 0.5) is 4.39 Å². The summed E-state index contributed by atoms with van der Waals surface area (Å²) in [5, 5.41) is 3.48. The Morgan fingerprint density at radius 3 is 3.17 bits per heavy atom. The number of halogens is 1. The molecule has 0 aromatic carbocycles. The van der Waals surface area contributed by atoms with Crippen molar-refractivity contribution < 1.29 is 4.39 Å². The largest absolute Gasteiger partial charge is 0.315 e. The van der Waals surface area contributed by atoms with Gasteiger partial charge >= 0.3 is 0 Å². The molecule has 0 radical (unpaired) electrons. The second-order valence-corrected chi connectivity index (χ2v) is 5.48. The van der Waals surface area contributed by atoms with Crippen molar-refractivity contribution in [2.45, 2.75) is 31.8 Å². The summed E-state index contributed by atoms with van der Waals surface area (Å²) in [5.74, 6) is 0.528. The molecule has 0 aliphatic carbocycles. The average Bonchev–Trinajstić information content (AvgIpc) is 2.86. The summed E-state index contributed by atoms with van der Waals surface area (Å²) in [6.07, 6.45) is 5.63. The van der Waals surface area contributed by atoms with Gasteiger partial charge in [0, 0.05) is 24.8 Å². The van der Waals surface area contributed by atoms with Crippen LogP contribution in [0.15, 0.2) is 18.5 Å². The first-order valence-corrected chi connectivity index (χ1v) is 6.82. The van der Waals surface area contributed by atoms with Gasteiger partial charge in [0.1, 0.15) is 5.82 Å². The van der Waals surface area contributed by atoms with E-state index in [2.05, 4.69) is 22.1 Å². The lowest BCUT2D eigenvalue weighted by atomic mass is 9.90. The van der Waals surface area contributed by atoms with E-state index in [1.54, 1.807) is 12.3 Å². The molecule has 0 amide bonds. The molecule has 0 saturated carbocycles. The van der Waals surface area contributed by atoms with E-state index in [-0.39, 0.29) is 11.9 Å². The quantitative estimate of drug-likeness (QED) is 0.868. The minimum Gasteiger partial charge on any atom is -0.315 e. The topological polar surface area (TPSA) is 28.2 Å². The third-order valence-corrected chi connectivity index (χ3v) is 4.43. The molecule has 0 spiro atoms. The normalized spacial score (nSPS) is 30.1. The number of likely N-dealkylation sites (tertiary alicyclic amines) is 1. The number of aromatic nitrogens is 1. The Morgan fingerprint density at radius 1 is 1.44 bits per heavy atom. The van der Waals surface area contributed by atoms with Gasteiger partial charge < -0.3 is 5.32 Å². The highest BCUT2D eigenvalue weighted by Gasteiger charge is 2.37. The van der Waals surface area contributed by atoms with Crippen molar-refractivity contribution in [2.24, 2.45) is 5.92 Å². The van der Waals surface area contributed by atoms with Crippen molar-refractivity contribution >= 4 is 0 Å². The van der Waals surface area contributed by atoms with Gasteiger partial charge in [-0.3, -0.25) is 9.88 Å². The van der Waals surface area contributed by atoms with Crippen molar-refractivity contribution in [1.29, 1.82) is 0 Å². The number of hydrogen-bond donors (Lipinski definition) is 1. The van der Waals surface area contributed by atoms with Gasteiger partial charge in [-0.2, -0.15) is 0 Å². The predicted molar refractivity (Wildman–Crippen MR) is 68.7 cm³/mol. The van der Waals surface area contributed by atoms with Crippen molar-refractivity contribution in [2.75, 3.05) is 19.6 Å². The van der Waals surface area contributed by atoms with Crippen molar-refractivity contribution in [3.05, 3.63) is 29.8 Å². The molecule has 3 atom stereocenters. The van der Waals surface area contributed by atoms with Gasteiger partial charge in [-0.15, -0.1) is 0 Å². The summed E-state index contributed by atoms with van der Waals surface area (Å²) < 4.78 is 13.3. The molecule has 1 aromatic rings. The van der Waals surface area contributed by atoms with E-state index < -0.39 is 0 Å². The Kier molecular flexibility index (Phi) is 3.31. The van der Waals surface area contributed by atoms with Gasteiger partial charge in [-0.1, -0.05) is 0 Å². The van der Waals surface area contributed by atoms with Crippen LogP contribution in [0.25, 0.3) is 0 Å². The van der Waals surface area contributed by atoms with E-state index in [9.17, 15) is 4.39 Å². The van der Waals surface area contributed by atoms with E-state index in [4.69, 9.17) is 0 Å². The molecule has 3 rings (SSSR count). The zero-order valence-electron chi connectivity index (χ0n) is 10.8. The van der Waals surface area contributed by atoms with Crippen LogP contribution >= 0.6 is 0 Å². The maximum absolute atomic E-state index is 13.3. The SMILES string of the molecule is CC(c1cncc(F)c1)N1CCCC2CNCC21. The minimum atomic E-state index is -0.238. The number of pyridine rings is 1. The van der Waals surface area contributed by atoms with E-state index >= 15 is 0 Å². The highest BCUT2D eigenvalue weighted by Crippen LogP contribution is 2.33. The number of piperidine rings is 1. The fourth-order valence-corrected chi connectivity index (χ4v) is 3.43. The molecule has 3 nitrogen and oxygen atoms in total. The first-order valence-electron chi connectivity index (χ1n) is 6.82. The molecule has 2 fully saturated rings. The Hall–Kier alpha value is -1.00. The summed E-state index contributed by atoms with van der Waals surface area (Å²) in [5.41, 5.74) is 0.988.